The minimum Gasteiger partial charge on any atom is -0.481 e. The maximum absolute atomic E-state index is 10.9. The van der Waals surface area contributed by atoms with Gasteiger partial charge in [0.05, 0.1) is 5.92 Å². The number of nitrogens with zero attached hydrogens (tertiary/aromatic N) is 1. The van der Waals surface area contributed by atoms with Gasteiger partial charge in [-0.3, -0.25) is 19.7 Å². The van der Waals surface area contributed by atoms with Gasteiger partial charge in [0.15, 0.2) is 5.92 Å². The van der Waals surface area contributed by atoms with Crippen LogP contribution in [-0.2, 0) is 9.59 Å². The molecule has 7 heteroatoms. The van der Waals surface area contributed by atoms with Crippen LogP contribution in [0.5, 0.6) is 0 Å². The summed E-state index contributed by atoms with van der Waals surface area (Å²) in [6, 6.07) is 7.76. The van der Waals surface area contributed by atoms with Crippen LogP contribution in [-0.4, -0.2) is 33.6 Å². The van der Waals surface area contributed by atoms with Crippen molar-refractivity contribution >= 4 is 11.9 Å². The summed E-state index contributed by atoms with van der Waals surface area (Å²) in [6.07, 6.45) is 0. The molecular formula is C11H11NO6. The van der Waals surface area contributed by atoms with Gasteiger partial charge in [-0.1, -0.05) is 30.3 Å². The monoisotopic (exact) mass is 253 g/mol. The van der Waals surface area contributed by atoms with Crippen LogP contribution in [0, 0.1) is 16.0 Å². The third kappa shape index (κ3) is 3.27. The molecule has 0 radical (unpaired) electrons. The summed E-state index contributed by atoms with van der Waals surface area (Å²) >= 11 is 0. The summed E-state index contributed by atoms with van der Waals surface area (Å²) in [6.45, 7) is -0.743. The molecule has 0 bridgehead atoms. The van der Waals surface area contributed by atoms with Gasteiger partial charge in [-0.05, 0) is 5.56 Å². The molecule has 0 aromatic heterocycles. The number of benzene rings is 1. The molecule has 0 aliphatic carbocycles. The first-order valence-corrected chi connectivity index (χ1v) is 5.06. The lowest BCUT2D eigenvalue weighted by Crippen LogP contribution is -2.33. The largest absolute Gasteiger partial charge is 0.481 e. The van der Waals surface area contributed by atoms with E-state index in [0.29, 0.717) is 5.56 Å². The molecule has 1 atom stereocenters. The molecule has 1 aromatic rings. The van der Waals surface area contributed by atoms with Crippen LogP contribution >= 0.6 is 0 Å². The van der Waals surface area contributed by atoms with Crippen molar-refractivity contribution in [2.75, 3.05) is 6.54 Å². The standard InChI is InChI=1S/C11H11NO6/c13-10(14)9(11(15)16)8(6-12(17)18)7-4-2-1-3-5-7/h1-5,8-9H,6H2,(H,13,14)(H,15,16). The average Bonchev–Trinajstić information content (AvgIpc) is 2.27. The molecule has 96 valence electrons. The maximum atomic E-state index is 10.9. The smallest absolute Gasteiger partial charge is 0.318 e. The zero-order valence-electron chi connectivity index (χ0n) is 9.22. The summed E-state index contributed by atoms with van der Waals surface area (Å²) in [5, 5.41) is 28.3. The highest BCUT2D eigenvalue weighted by atomic mass is 16.6. The number of carboxylic acid groups (broad SMARTS) is 2. The van der Waals surface area contributed by atoms with Crippen LogP contribution in [0.2, 0.25) is 0 Å². The third-order valence-corrected chi connectivity index (χ3v) is 2.51. The second-order valence-electron chi connectivity index (χ2n) is 3.69. The predicted octanol–water partition coefficient (Wildman–Crippen LogP) is 0.832. The van der Waals surface area contributed by atoms with Gasteiger partial charge < -0.3 is 10.2 Å². The second kappa shape index (κ2) is 5.76. The zero-order valence-corrected chi connectivity index (χ0v) is 9.22. The van der Waals surface area contributed by atoms with E-state index in [1.165, 1.54) is 12.1 Å². The number of rotatable bonds is 6. The van der Waals surface area contributed by atoms with Crippen LogP contribution in [0.4, 0.5) is 0 Å². The van der Waals surface area contributed by atoms with Gasteiger partial charge in [-0.25, -0.2) is 0 Å². The van der Waals surface area contributed by atoms with Gasteiger partial charge in [-0.2, -0.15) is 0 Å². The van der Waals surface area contributed by atoms with Crippen molar-refractivity contribution < 1.29 is 24.7 Å². The number of hydrogen-bond donors (Lipinski definition) is 2. The van der Waals surface area contributed by atoms with Crippen molar-refractivity contribution in [3.63, 3.8) is 0 Å². The lowest BCUT2D eigenvalue weighted by molar-refractivity contribution is -0.484. The van der Waals surface area contributed by atoms with Crippen molar-refractivity contribution in [3.8, 4) is 0 Å². The number of carboxylic acids is 2. The van der Waals surface area contributed by atoms with Crippen LogP contribution in [0.3, 0.4) is 0 Å². The fourth-order valence-corrected chi connectivity index (χ4v) is 1.71. The molecule has 0 saturated carbocycles. The molecule has 0 saturated heterocycles. The summed E-state index contributed by atoms with van der Waals surface area (Å²) < 4.78 is 0. The topological polar surface area (TPSA) is 118 Å². The van der Waals surface area contributed by atoms with E-state index in [4.69, 9.17) is 10.2 Å². The van der Waals surface area contributed by atoms with Crippen molar-refractivity contribution in [1.29, 1.82) is 0 Å². The Morgan fingerprint density at radius 2 is 1.67 bits per heavy atom. The van der Waals surface area contributed by atoms with Gasteiger partial charge in [0.1, 0.15) is 0 Å². The third-order valence-electron chi connectivity index (χ3n) is 2.51. The highest BCUT2D eigenvalue weighted by Crippen LogP contribution is 2.25. The Morgan fingerprint density at radius 1 is 1.17 bits per heavy atom. The van der Waals surface area contributed by atoms with Crippen LogP contribution in [0.1, 0.15) is 11.5 Å². The highest BCUT2D eigenvalue weighted by Gasteiger charge is 2.38. The Morgan fingerprint density at radius 3 is 2.06 bits per heavy atom. The molecule has 18 heavy (non-hydrogen) atoms. The Balaban J connectivity index is 3.15. The molecule has 1 unspecified atom stereocenters. The van der Waals surface area contributed by atoms with E-state index in [9.17, 15) is 19.7 Å². The van der Waals surface area contributed by atoms with Crippen molar-refractivity contribution in [2.45, 2.75) is 5.92 Å². The predicted molar refractivity (Wildman–Crippen MR) is 59.8 cm³/mol. The molecule has 2 N–H and O–H groups in total. The lowest BCUT2D eigenvalue weighted by atomic mass is 9.86. The fraction of sp³-hybridized carbons (Fsp3) is 0.273. The normalized spacial score (nSPS) is 12.1. The number of aliphatic carboxylic acids is 2. The SMILES string of the molecule is O=C(O)C(C(=O)O)C(C[N+](=O)[O-])c1ccccc1. The number of carbonyl (C=O) groups is 2. The van der Waals surface area contributed by atoms with Gasteiger partial charge in [0.2, 0.25) is 6.54 Å². The molecule has 1 rings (SSSR count). The molecular weight excluding hydrogens is 242 g/mol. The Bertz CT molecular complexity index is 444. The van der Waals surface area contributed by atoms with E-state index in [1.807, 2.05) is 0 Å². The molecule has 0 spiro atoms. The highest BCUT2D eigenvalue weighted by molar-refractivity contribution is 5.94. The first-order chi connectivity index (χ1) is 8.43. The Hall–Kier alpha value is -2.44. The molecule has 0 amide bonds. The van der Waals surface area contributed by atoms with Crippen molar-refractivity contribution in [3.05, 3.63) is 46.0 Å². The minimum atomic E-state index is -1.84. The van der Waals surface area contributed by atoms with Gasteiger partial charge in [0, 0.05) is 4.92 Å². The van der Waals surface area contributed by atoms with Crippen LogP contribution in [0.15, 0.2) is 30.3 Å². The van der Waals surface area contributed by atoms with Crippen molar-refractivity contribution in [1.82, 2.24) is 0 Å². The van der Waals surface area contributed by atoms with Gasteiger partial charge >= 0.3 is 11.9 Å². The zero-order chi connectivity index (χ0) is 13.7. The number of hydrogen-bond acceptors (Lipinski definition) is 4. The Labute approximate surface area is 102 Å². The minimum absolute atomic E-state index is 0.323. The van der Waals surface area contributed by atoms with Crippen molar-refractivity contribution in [2.24, 2.45) is 5.92 Å². The number of nitro groups is 1. The molecule has 0 aliphatic rings. The van der Waals surface area contributed by atoms with E-state index >= 15 is 0 Å². The average molecular weight is 253 g/mol. The fourth-order valence-electron chi connectivity index (χ4n) is 1.71. The Kier molecular flexibility index (Phi) is 4.36. The quantitative estimate of drug-likeness (QED) is 0.440. The van der Waals surface area contributed by atoms with Gasteiger partial charge in [0.25, 0.3) is 0 Å². The van der Waals surface area contributed by atoms with Crippen LogP contribution < -0.4 is 0 Å². The molecule has 0 aliphatic heterocycles. The maximum Gasteiger partial charge on any atom is 0.318 e. The van der Waals surface area contributed by atoms with Crippen LogP contribution in [0.25, 0.3) is 0 Å². The lowest BCUT2D eigenvalue weighted by Gasteiger charge is -2.17. The second-order valence-corrected chi connectivity index (χ2v) is 3.69. The molecule has 0 fully saturated rings. The summed E-state index contributed by atoms with van der Waals surface area (Å²) in [5.41, 5.74) is 0.323. The molecule has 0 heterocycles. The molecule has 7 nitrogen and oxygen atoms in total. The first kappa shape index (κ1) is 13.6. The summed E-state index contributed by atoms with van der Waals surface area (Å²) in [4.78, 5) is 31.7. The first-order valence-electron chi connectivity index (χ1n) is 5.06. The van der Waals surface area contributed by atoms with E-state index < -0.39 is 35.2 Å². The van der Waals surface area contributed by atoms with E-state index in [1.54, 1.807) is 18.2 Å². The summed E-state index contributed by atoms with van der Waals surface area (Å²) in [5.74, 6) is -6.20. The van der Waals surface area contributed by atoms with Gasteiger partial charge in [-0.15, -0.1) is 0 Å². The summed E-state index contributed by atoms with van der Waals surface area (Å²) in [7, 11) is 0. The molecule has 1 aromatic carbocycles. The van der Waals surface area contributed by atoms with E-state index in [-0.39, 0.29) is 0 Å². The van der Waals surface area contributed by atoms with E-state index in [0.717, 1.165) is 0 Å². The van der Waals surface area contributed by atoms with E-state index in [2.05, 4.69) is 0 Å².